The summed E-state index contributed by atoms with van der Waals surface area (Å²) < 4.78 is 48.6. The zero-order chi connectivity index (χ0) is 31.9. The number of nitrogens with zero attached hydrogens (tertiary/aromatic N) is 1. The minimum Gasteiger partial charge on any atom is -0.722 e. The number of hydrogen-bond acceptors (Lipinski definition) is 7. The molecular weight excluding hydrogens is 585 g/mol. The van der Waals surface area contributed by atoms with Gasteiger partial charge in [0, 0.05) is 12.1 Å². The predicted molar refractivity (Wildman–Crippen MR) is 164 cm³/mol. The van der Waals surface area contributed by atoms with Crippen LogP contribution in [-0.2, 0) is 33.7 Å². The van der Waals surface area contributed by atoms with Crippen molar-refractivity contribution in [2.75, 3.05) is 0 Å². The second-order valence-corrected chi connectivity index (χ2v) is 10.5. The Morgan fingerprint density at radius 3 is 2.20 bits per heavy atom. The summed E-state index contributed by atoms with van der Waals surface area (Å²) in [4.78, 5) is 26.3. The fourth-order valence-electron chi connectivity index (χ4n) is 4.54. The lowest BCUT2D eigenvalue weighted by Gasteiger charge is -2.12. The van der Waals surface area contributed by atoms with Crippen LogP contribution in [0.1, 0.15) is 27.0 Å². The van der Waals surface area contributed by atoms with Crippen molar-refractivity contribution in [3.8, 4) is 5.75 Å². The van der Waals surface area contributed by atoms with Crippen LogP contribution in [0.5, 0.6) is 5.75 Å². The van der Waals surface area contributed by atoms with Crippen LogP contribution in [-0.4, -0.2) is 24.9 Å². The van der Waals surface area contributed by atoms with Crippen LogP contribution in [0.3, 0.4) is 0 Å². The molecule has 5 rings (SSSR count). The number of para-hydroxylation sites is 1. The van der Waals surface area contributed by atoms with Gasteiger partial charge in [0.15, 0.2) is 0 Å². The van der Waals surface area contributed by atoms with Gasteiger partial charge in [0.05, 0.1) is 21.9 Å². The first-order valence-corrected chi connectivity index (χ1v) is 14.6. The third-order valence-corrected chi connectivity index (χ3v) is 6.60. The molecule has 5 aromatic rings. The van der Waals surface area contributed by atoms with E-state index < -0.39 is 22.4 Å². The monoisotopic (exact) mass is 613 g/mol. The van der Waals surface area contributed by atoms with Crippen molar-refractivity contribution in [3.63, 3.8) is 0 Å². The Hall–Kier alpha value is -5.19. The highest BCUT2D eigenvalue weighted by Gasteiger charge is 2.25. The van der Waals surface area contributed by atoms with Gasteiger partial charge in [-0.25, -0.2) is 18.0 Å². The zero-order valence-corrected chi connectivity index (χ0v) is 24.7. The van der Waals surface area contributed by atoms with Crippen LogP contribution in [0.2, 0.25) is 0 Å². The van der Waals surface area contributed by atoms with Crippen LogP contribution in [0.15, 0.2) is 115 Å². The van der Waals surface area contributed by atoms with Crippen LogP contribution in [0, 0.1) is 6.92 Å². The molecule has 0 radical (unpaired) electrons. The summed E-state index contributed by atoms with van der Waals surface area (Å²) in [6.45, 7) is 6.04. The summed E-state index contributed by atoms with van der Waals surface area (Å²) in [6.07, 6.45) is 3.40. The Morgan fingerprint density at radius 2 is 1.52 bits per heavy atom. The lowest BCUT2D eigenvalue weighted by Crippen LogP contribution is -2.31. The summed E-state index contributed by atoms with van der Waals surface area (Å²) in [5, 5.41) is 1.49. The molecule has 0 saturated carbocycles. The van der Waals surface area contributed by atoms with Gasteiger partial charge in [-0.2, -0.15) is 4.57 Å². The second kappa shape index (κ2) is 13.9. The molecule has 224 valence electrons. The molecule has 44 heavy (non-hydrogen) atoms. The van der Waals surface area contributed by atoms with Crippen LogP contribution >= 0.6 is 0 Å². The molecule has 1 aromatic heterocycles. The van der Waals surface area contributed by atoms with E-state index in [4.69, 9.17) is 22.4 Å². The number of rotatable bonds is 7. The highest BCUT2D eigenvalue weighted by molar-refractivity contribution is 7.80. The van der Waals surface area contributed by atoms with E-state index in [-0.39, 0.29) is 12.2 Å². The smallest absolute Gasteiger partial charge is 0.345 e. The molecular formula is C34H28FNO7S. The molecule has 0 N–H and O–H groups in total. The summed E-state index contributed by atoms with van der Waals surface area (Å²) in [5.41, 5.74) is 5.13. The Bertz CT molecular complexity index is 1980. The van der Waals surface area contributed by atoms with Gasteiger partial charge in [0.1, 0.15) is 19.4 Å². The van der Waals surface area contributed by atoms with Crippen molar-refractivity contribution in [3.05, 3.63) is 138 Å². The van der Waals surface area contributed by atoms with Gasteiger partial charge >= 0.3 is 11.9 Å². The molecule has 0 aliphatic heterocycles. The maximum absolute atomic E-state index is 13.7. The van der Waals surface area contributed by atoms with E-state index in [2.05, 4.69) is 6.58 Å². The van der Waals surface area contributed by atoms with E-state index in [0.29, 0.717) is 11.3 Å². The van der Waals surface area contributed by atoms with Gasteiger partial charge in [-0.15, -0.1) is 3.89 Å². The molecule has 10 heteroatoms. The van der Waals surface area contributed by atoms with Gasteiger partial charge in [0.25, 0.3) is 10.5 Å². The number of ether oxygens (including phenoxy) is 2. The number of carbonyl (C=O) groups excluding carboxylic acids is 2. The van der Waals surface area contributed by atoms with E-state index in [1.165, 1.54) is 0 Å². The first kappa shape index (κ1) is 31.7. The van der Waals surface area contributed by atoms with E-state index >= 15 is 0 Å². The van der Waals surface area contributed by atoms with E-state index in [1.807, 2.05) is 103 Å². The molecule has 0 aliphatic rings. The number of pyridine rings is 1. The second-order valence-electron chi connectivity index (χ2n) is 9.71. The number of fused-ring (bicyclic) bond motifs is 2. The number of benzene rings is 4. The van der Waals surface area contributed by atoms with E-state index in [9.17, 15) is 13.5 Å². The van der Waals surface area contributed by atoms with Crippen LogP contribution in [0.4, 0.5) is 3.89 Å². The van der Waals surface area contributed by atoms with Crippen molar-refractivity contribution < 1.29 is 40.5 Å². The Morgan fingerprint density at radius 1 is 0.909 bits per heavy atom. The van der Waals surface area contributed by atoms with Gasteiger partial charge < -0.3 is 14.0 Å². The van der Waals surface area contributed by atoms with E-state index in [0.717, 1.165) is 38.5 Å². The Labute approximate surface area is 254 Å². The molecule has 1 heterocycles. The largest absolute Gasteiger partial charge is 0.722 e. The molecule has 4 aromatic carbocycles. The maximum atomic E-state index is 13.7. The number of aromatic nitrogens is 1. The average Bonchev–Trinajstić information content (AvgIpc) is 2.99. The fraction of sp³-hybridized carbons (Fsp3) is 0.0882. The van der Waals surface area contributed by atoms with Crippen molar-refractivity contribution >= 4 is 50.3 Å². The molecule has 0 spiro atoms. The van der Waals surface area contributed by atoms with Gasteiger partial charge in [-0.05, 0) is 42.3 Å². The van der Waals surface area contributed by atoms with Crippen molar-refractivity contribution in [2.45, 2.75) is 13.5 Å². The average molecular weight is 614 g/mol. The number of carbonyl (C=O) groups is 2. The molecule has 0 saturated heterocycles. The summed E-state index contributed by atoms with van der Waals surface area (Å²) >= 11 is 0. The van der Waals surface area contributed by atoms with E-state index in [1.54, 1.807) is 24.3 Å². The van der Waals surface area contributed by atoms with Crippen molar-refractivity contribution in [2.24, 2.45) is 7.05 Å². The molecule has 0 fully saturated rings. The summed E-state index contributed by atoms with van der Waals surface area (Å²) in [7, 11) is -3.45. The first-order valence-electron chi connectivity index (χ1n) is 13.3. The standard InChI is InChI=1S/C34H28NO4.FHO3S/c1-23-16-20-27(21-17-23)39-34(37)32-28-13-7-8-14-29(28)35(3)30-15-9-12-26(31(30)32)19-18-24(2)33(36)38-22-25-10-5-4-6-11-25;1-5(2,3)4/h4-21H,2,22H2,1,3H3;(H,2,3,4)/q+1;/p-1. The van der Waals surface area contributed by atoms with Crippen molar-refractivity contribution in [1.29, 1.82) is 0 Å². The molecule has 0 atom stereocenters. The third kappa shape index (κ3) is 8.21. The summed E-state index contributed by atoms with van der Waals surface area (Å²) in [5.74, 6) is -0.494. The topological polar surface area (TPSA) is 114 Å². The zero-order valence-electron chi connectivity index (χ0n) is 23.9. The minimum absolute atomic E-state index is 0.164. The first-order chi connectivity index (χ1) is 20.9. The van der Waals surface area contributed by atoms with Gasteiger partial charge in [0.2, 0.25) is 11.0 Å². The summed E-state index contributed by atoms with van der Waals surface area (Å²) in [6, 6.07) is 30.4. The molecule has 0 unspecified atom stereocenters. The number of aryl methyl sites for hydroxylation is 2. The fourth-order valence-corrected chi connectivity index (χ4v) is 4.54. The maximum Gasteiger partial charge on any atom is 0.345 e. The van der Waals surface area contributed by atoms with Gasteiger partial charge in [-0.1, -0.05) is 84.9 Å². The van der Waals surface area contributed by atoms with Crippen LogP contribution in [0.25, 0.3) is 27.9 Å². The number of hydrogen-bond donors (Lipinski definition) is 0. The third-order valence-electron chi connectivity index (χ3n) is 6.60. The quantitative estimate of drug-likeness (QED) is 0.0320. The minimum atomic E-state index is -5.42. The van der Waals surface area contributed by atoms with Crippen molar-refractivity contribution in [1.82, 2.24) is 0 Å². The predicted octanol–water partition coefficient (Wildman–Crippen LogP) is 6.07. The highest BCUT2D eigenvalue weighted by atomic mass is 32.3. The highest BCUT2D eigenvalue weighted by Crippen LogP contribution is 2.30. The number of halogens is 1. The SMILES string of the molecule is C=C(C=Cc1cccc2c1c(C(=O)Oc1ccc(C)cc1)c1ccccc1[n+]2C)C(=O)OCc1ccccc1.O=S(=O)([O-])F. The number of esters is 2. The Kier molecular flexibility index (Phi) is 9.99. The molecule has 0 aliphatic carbocycles. The van der Waals surface area contributed by atoms with Gasteiger partial charge in [-0.3, -0.25) is 0 Å². The lowest BCUT2D eigenvalue weighted by molar-refractivity contribution is -0.617. The van der Waals surface area contributed by atoms with Crippen LogP contribution < -0.4 is 9.30 Å². The normalized spacial score (nSPS) is 11.2. The molecule has 8 nitrogen and oxygen atoms in total. The Balaban J connectivity index is 0.000000818. The molecule has 0 bridgehead atoms. The molecule has 0 amide bonds. The lowest BCUT2D eigenvalue weighted by atomic mass is 9.97.